The quantitative estimate of drug-likeness (QED) is 0.895. The van der Waals surface area contributed by atoms with Crippen molar-refractivity contribution >= 4 is 0 Å². The lowest BCUT2D eigenvalue weighted by molar-refractivity contribution is 0.00307. The van der Waals surface area contributed by atoms with Gasteiger partial charge in [-0.05, 0) is 44.6 Å². The Balaban J connectivity index is 1.81. The minimum absolute atomic E-state index is 0.0357. The molecule has 1 heterocycles. The van der Waals surface area contributed by atoms with Crippen molar-refractivity contribution in [1.29, 1.82) is 0 Å². The number of nitrogens with one attached hydrogen (secondary N) is 1. The molecule has 2 atom stereocenters. The minimum Gasteiger partial charge on any atom is -0.305 e. The number of piperazine rings is 1. The number of alkyl halides is 1. The van der Waals surface area contributed by atoms with Crippen LogP contribution < -0.4 is 5.32 Å². The van der Waals surface area contributed by atoms with Crippen molar-refractivity contribution in [1.82, 2.24) is 10.2 Å². The second-order valence-corrected chi connectivity index (χ2v) is 7.15. The minimum atomic E-state index is -0.216. The number of hydrogen-bond acceptors (Lipinski definition) is 2. The molecule has 1 N–H and O–H groups in total. The smallest absolute Gasteiger partial charge is 0.0906 e. The zero-order valence-electron chi connectivity index (χ0n) is 13.2. The third-order valence-electron chi connectivity index (χ3n) is 5.50. The van der Waals surface area contributed by atoms with Gasteiger partial charge in [-0.1, -0.05) is 30.3 Å². The summed E-state index contributed by atoms with van der Waals surface area (Å²) in [5, 5.41) is 3.79. The molecule has 0 bridgehead atoms. The molecular formula is C18H27FN2. The van der Waals surface area contributed by atoms with Crippen molar-refractivity contribution in [2.45, 2.75) is 44.2 Å². The second kappa shape index (κ2) is 5.69. The highest BCUT2D eigenvalue weighted by atomic mass is 19.1. The molecule has 1 saturated heterocycles. The number of halogens is 1. The van der Waals surface area contributed by atoms with E-state index in [1.165, 1.54) is 18.4 Å². The highest BCUT2D eigenvalue weighted by Crippen LogP contribution is 2.45. The summed E-state index contributed by atoms with van der Waals surface area (Å²) in [6, 6.07) is 10.6. The fraction of sp³-hybridized carbons (Fsp3) is 0.667. The average Bonchev–Trinajstić information content (AvgIpc) is 3.35. The van der Waals surface area contributed by atoms with Crippen LogP contribution in [0, 0.1) is 5.92 Å². The summed E-state index contributed by atoms with van der Waals surface area (Å²) < 4.78 is 12.7. The summed E-state index contributed by atoms with van der Waals surface area (Å²) in [5.41, 5.74) is 1.49. The molecule has 0 radical (unpaired) electrons. The van der Waals surface area contributed by atoms with Crippen molar-refractivity contribution in [2.75, 3.05) is 26.3 Å². The molecule has 1 aliphatic carbocycles. The molecule has 0 aromatic heterocycles. The van der Waals surface area contributed by atoms with Crippen LogP contribution in [0.15, 0.2) is 30.3 Å². The predicted molar refractivity (Wildman–Crippen MR) is 85.1 cm³/mol. The Morgan fingerprint density at radius 2 is 1.95 bits per heavy atom. The summed E-state index contributed by atoms with van der Waals surface area (Å²) in [5.74, 6) is 0.782. The fourth-order valence-corrected chi connectivity index (χ4v) is 3.80. The Morgan fingerprint density at radius 1 is 1.24 bits per heavy atom. The van der Waals surface area contributed by atoms with E-state index in [0.717, 1.165) is 25.6 Å². The van der Waals surface area contributed by atoms with Crippen LogP contribution in [0.25, 0.3) is 0 Å². The highest BCUT2D eigenvalue weighted by Gasteiger charge is 2.50. The molecular weight excluding hydrogens is 263 g/mol. The lowest BCUT2D eigenvalue weighted by Crippen LogP contribution is -2.67. The van der Waals surface area contributed by atoms with Gasteiger partial charge in [0.1, 0.15) is 0 Å². The Morgan fingerprint density at radius 3 is 2.57 bits per heavy atom. The molecule has 116 valence electrons. The molecule has 2 nitrogen and oxygen atoms in total. The third-order valence-corrected chi connectivity index (χ3v) is 5.50. The Hall–Kier alpha value is -0.930. The third kappa shape index (κ3) is 2.86. The average molecular weight is 290 g/mol. The Labute approximate surface area is 127 Å². The molecule has 0 amide bonds. The molecule has 2 fully saturated rings. The van der Waals surface area contributed by atoms with Gasteiger partial charge in [-0.15, -0.1) is 0 Å². The summed E-state index contributed by atoms with van der Waals surface area (Å²) >= 11 is 0. The summed E-state index contributed by atoms with van der Waals surface area (Å²) in [6.45, 7) is 7.25. The lowest BCUT2D eigenvalue weighted by atomic mass is 9.82. The summed E-state index contributed by atoms with van der Waals surface area (Å²) in [7, 11) is 0. The van der Waals surface area contributed by atoms with E-state index in [4.69, 9.17) is 0 Å². The van der Waals surface area contributed by atoms with Gasteiger partial charge in [-0.2, -0.15) is 0 Å². The molecule has 21 heavy (non-hydrogen) atoms. The van der Waals surface area contributed by atoms with Gasteiger partial charge in [0.25, 0.3) is 0 Å². The van der Waals surface area contributed by atoms with Gasteiger partial charge in [0.05, 0.1) is 12.2 Å². The van der Waals surface area contributed by atoms with Crippen molar-refractivity contribution < 1.29 is 4.39 Å². The summed E-state index contributed by atoms with van der Waals surface area (Å²) in [4.78, 5) is 2.55. The molecule has 1 saturated carbocycles. The normalized spacial score (nSPS) is 34.0. The molecule has 2 aliphatic rings. The Kier molecular flexibility index (Phi) is 4.06. The van der Waals surface area contributed by atoms with E-state index in [9.17, 15) is 4.39 Å². The van der Waals surface area contributed by atoms with Crippen LogP contribution in [-0.4, -0.2) is 36.7 Å². The number of rotatable bonds is 5. The van der Waals surface area contributed by atoms with Crippen LogP contribution in [-0.2, 0) is 5.54 Å². The van der Waals surface area contributed by atoms with E-state index < -0.39 is 0 Å². The maximum absolute atomic E-state index is 12.7. The predicted octanol–water partition coefficient (Wildman–Crippen LogP) is 3.34. The number of nitrogens with zero attached hydrogens (tertiary/aromatic N) is 1. The van der Waals surface area contributed by atoms with E-state index in [1.807, 2.05) is 0 Å². The standard InChI is InChI=1S/C18H27FN2/c1-17(15-7-4-3-5-8-15)14-21(12-6-11-19)18(2,13-20-17)16-9-10-16/h3-5,7-8,16,20H,6,9-14H2,1-2H3. The second-order valence-electron chi connectivity index (χ2n) is 7.15. The van der Waals surface area contributed by atoms with E-state index in [2.05, 4.69) is 54.4 Å². The molecule has 3 heteroatoms. The van der Waals surface area contributed by atoms with E-state index in [-0.39, 0.29) is 17.8 Å². The topological polar surface area (TPSA) is 15.3 Å². The van der Waals surface area contributed by atoms with Crippen LogP contribution in [0.4, 0.5) is 4.39 Å². The molecule has 1 aromatic carbocycles. The number of hydrogen-bond donors (Lipinski definition) is 1. The number of benzene rings is 1. The first kappa shape index (κ1) is 15.0. The molecule has 1 aromatic rings. The maximum atomic E-state index is 12.7. The Bertz CT molecular complexity index is 473. The monoisotopic (exact) mass is 290 g/mol. The van der Waals surface area contributed by atoms with Gasteiger partial charge < -0.3 is 5.32 Å². The van der Waals surface area contributed by atoms with Gasteiger partial charge in [-0.25, -0.2) is 0 Å². The van der Waals surface area contributed by atoms with Crippen molar-refractivity contribution in [3.05, 3.63) is 35.9 Å². The van der Waals surface area contributed by atoms with Gasteiger partial charge >= 0.3 is 0 Å². The largest absolute Gasteiger partial charge is 0.305 e. The first-order valence-electron chi connectivity index (χ1n) is 8.20. The zero-order chi connectivity index (χ0) is 14.9. The lowest BCUT2D eigenvalue weighted by Gasteiger charge is -2.53. The van der Waals surface area contributed by atoms with Crippen molar-refractivity contribution in [3.8, 4) is 0 Å². The highest BCUT2D eigenvalue weighted by molar-refractivity contribution is 5.26. The van der Waals surface area contributed by atoms with Gasteiger partial charge in [0, 0.05) is 25.2 Å². The van der Waals surface area contributed by atoms with Crippen LogP contribution in [0.3, 0.4) is 0 Å². The molecule has 1 aliphatic heterocycles. The first-order chi connectivity index (χ1) is 10.1. The van der Waals surface area contributed by atoms with Crippen molar-refractivity contribution in [2.24, 2.45) is 5.92 Å². The SMILES string of the molecule is CC1(c2ccccc2)CN(CCCF)C(C)(C2CC2)CN1. The molecule has 2 unspecified atom stereocenters. The summed E-state index contributed by atoms with van der Waals surface area (Å²) in [6.07, 6.45) is 3.30. The maximum Gasteiger partial charge on any atom is 0.0906 e. The van der Waals surface area contributed by atoms with E-state index in [1.54, 1.807) is 0 Å². The molecule has 0 spiro atoms. The van der Waals surface area contributed by atoms with Gasteiger partial charge in [-0.3, -0.25) is 9.29 Å². The van der Waals surface area contributed by atoms with Crippen molar-refractivity contribution in [3.63, 3.8) is 0 Å². The van der Waals surface area contributed by atoms with Gasteiger partial charge in [0.15, 0.2) is 0 Å². The van der Waals surface area contributed by atoms with E-state index >= 15 is 0 Å². The van der Waals surface area contributed by atoms with Crippen LogP contribution in [0.2, 0.25) is 0 Å². The van der Waals surface area contributed by atoms with Crippen LogP contribution >= 0.6 is 0 Å². The van der Waals surface area contributed by atoms with Gasteiger partial charge in [0.2, 0.25) is 0 Å². The molecule has 3 rings (SSSR count). The van der Waals surface area contributed by atoms with Crippen LogP contribution in [0.5, 0.6) is 0 Å². The van der Waals surface area contributed by atoms with Crippen LogP contribution in [0.1, 0.15) is 38.7 Å². The van der Waals surface area contributed by atoms with E-state index in [0.29, 0.717) is 6.42 Å². The fourth-order valence-electron chi connectivity index (χ4n) is 3.80. The zero-order valence-corrected chi connectivity index (χ0v) is 13.2. The first-order valence-corrected chi connectivity index (χ1v) is 8.20.